The molecule has 1 heterocycles. The Morgan fingerprint density at radius 2 is 1.00 bits per heavy atom. The van der Waals surface area contributed by atoms with Gasteiger partial charge >= 0.3 is 23.9 Å². The van der Waals surface area contributed by atoms with Gasteiger partial charge in [0, 0.05) is 17.3 Å². The molecule has 3 aromatic carbocycles. The van der Waals surface area contributed by atoms with Crippen LogP contribution < -0.4 is 5.32 Å². The summed E-state index contributed by atoms with van der Waals surface area (Å²) in [6, 6.07) is 32.2. The van der Waals surface area contributed by atoms with Crippen LogP contribution in [0.25, 0.3) is 0 Å². The van der Waals surface area contributed by atoms with Crippen LogP contribution >= 0.6 is 0 Å². The summed E-state index contributed by atoms with van der Waals surface area (Å²) in [5, 5.41) is 2.30. The topological polar surface area (TPSA) is 252 Å². The maximum Gasteiger partial charge on any atom is 0.344 e. The van der Waals surface area contributed by atoms with E-state index in [0.29, 0.717) is 43.4 Å². The lowest BCUT2D eigenvalue weighted by atomic mass is 9.47. The van der Waals surface area contributed by atoms with Crippen molar-refractivity contribution in [3.63, 3.8) is 0 Å². The third-order valence-corrected chi connectivity index (χ3v) is 28.3. The fourth-order valence-electron chi connectivity index (χ4n) is 16.9. The molecular weight excluding hydrogens is 1290 g/mol. The molecule has 1 N–H and O–H groups in total. The Balaban J connectivity index is 0.000000156. The number of hydrogen-bond acceptors (Lipinski definition) is 16. The van der Waals surface area contributed by atoms with Crippen LogP contribution in [-0.4, -0.2) is 99.1 Å². The van der Waals surface area contributed by atoms with Crippen molar-refractivity contribution >= 4 is 66.8 Å². The largest absolute Gasteiger partial charge is 0.748 e. The Hall–Kier alpha value is -5.15. The molecule has 5 atom stereocenters. The second-order valence-corrected chi connectivity index (χ2v) is 37.6. The van der Waals surface area contributed by atoms with Gasteiger partial charge in [-0.2, -0.15) is 8.42 Å². The average Bonchev–Trinajstić information content (AvgIpc) is 1.69. The number of carbonyl (C=O) groups excluding carboxylic acids is 6. The highest BCUT2D eigenvalue weighted by atomic mass is 32.2. The van der Waals surface area contributed by atoms with Crippen molar-refractivity contribution in [2.45, 2.75) is 244 Å². The molecule has 538 valence electrons. The number of benzene rings is 3. The molecule has 0 spiro atoms. The van der Waals surface area contributed by atoms with E-state index < -0.39 is 84.2 Å². The van der Waals surface area contributed by atoms with E-state index in [-0.39, 0.29) is 63.6 Å². The summed E-state index contributed by atoms with van der Waals surface area (Å²) in [6.07, 6.45) is 16.5. The van der Waals surface area contributed by atoms with Crippen LogP contribution in [0.4, 0.5) is 0 Å². The predicted molar refractivity (Wildman–Crippen MR) is 372 cm³/mol. The molecule has 11 aliphatic rings. The second-order valence-electron chi connectivity index (χ2n) is 32.3. The van der Waals surface area contributed by atoms with Gasteiger partial charge in [-0.15, -0.1) is 0 Å². The van der Waals surface area contributed by atoms with Crippen molar-refractivity contribution < 1.29 is 73.3 Å². The number of nitrogens with one attached hydrogen (secondary N) is 1. The Labute approximate surface area is 582 Å². The summed E-state index contributed by atoms with van der Waals surface area (Å²) in [5.41, 5.74) is -2.46. The van der Waals surface area contributed by atoms with Gasteiger partial charge in [-0.1, -0.05) is 110 Å². The second kappa shape index (κ2) is 31.4. The van der Waals surface area contributed by atoms with Gasteiger partial charge in [0.1, 0.15) is 24.4 Å². The summed E-state index contributed by atoms with van der Waals surface area (Å²) < 4.78 is 80.8. The van der Waals surface area contributed by atoms with Crippen LogP contribution in [0, 0.1) is 86.3 Å². The van der Waals surface area contributed by atoms with Crippen LogP contribution in [0.15, 0.2) is 106 Å². The highest BCUT2D eigenvalue weighted by molar-refractivity contribution is 7.97. The van der Waals surface area contributed by atoms with E-state index in [1.807, 2.05) is 48.5 Å². The number of fused-ring (bicyclic) bond motifs is 1. The first-order valence-electron chi connectivity index (χ1n) is 35.8. The summed E-state index contributed by atoms with van der Waals surface area (Å²) in [4.78, 5) is 76.9. The molecule has 0 aromatic heterocycles. The summed E-state index contributed by atoms with van der Waals surface area (Å²) in [7, 11) is -7.84. The first-order valence-corrected chi connectivity index (χ1v) is 40.1. The summed E-state index contributed by atoms with van der Waals surface area (Å²) in [6.45, 7) is 26.2. The van der Waals surface area contributed by atoms with Crippen molar-refractivity contribution in [3.05, 3.63) is 91.0 Å². The molecule has 20 heteroatoms. The minimum absolute atomic E-state index is 0.0130. The smallest absolute Gasteiger partial charge is 0.344 e. The minimum Gasteiger partial charge on any atom is -0.748 e. The Bertz CT molecular complexity index is 3280. The van der Waals surface area contributed by atoms with E-state index in [0.717, 1.165) is 61.7 Å². The van der Waals surface area contributed by atoms with Crippen molar-refractivity contribution in [3.8, 4) is 0 Å². The number of amides is 2. The van der Waals surface area contributed by atoms with Gasteiger partial charge in [0.05, 0.1) is 53.7 Å². The van der Waals surface area contributed by atoms with Gasteiger partial charge in [-0.3, -0.25) is 33.5 Å². The molecule has 97 heavy (non-hydrogen) atoms. The Morgan fingerprint density at radius 1 is 0.588 bits per heavy atom. The van der Waals surface area contributed by atoms with Gasteiger partial charge in [0.25, 0.3) is 10.1 Å². The van der Waals surface area contributed by atoms with Crippen molar-refractivity contribution in [2.24, 2.45) is 86.3 Å². The van der Waals surface area contributed by atoms with Crippen molar-refractivity contribution in [2.75, 3.05) is 19.0 Å². The fraction of sp³-hybridized carbons (Fsp3) is 0.688. The third-order valence-electron chi connectivity index (χ3n) is 23.6. The lowest BCUT2D eigenvalue weighted by molar-refractivity contribution is -0.231. The zero-order chi connectivity index (χ0) is 71.3. The third kappa shape index (κ3) is 18.3. The van der Waals surface area contributed by atoms with E-state index in [1.165, 1.54) is 66.1 Å². The van der Waals surface area contributed by atoms with Crippen LogP contribution in [0.3, 0.4) is 0 Å². The van der Waals surface area contributed by atoms with E-state index in [9.17, 15) is 50.2 Å². The molecule has 11 fully saturated rings. The Morgan fingerprint density at radius 3 is 1.41 bits per heavy atom. The fourth-order valence-corrected chi connectivity index (χ4v) is 21.2. The molecule has 1 aliphatic heterocycles. The molecule has 1 saturated heterocycles. The zero-order valence-electron chi connectivity index (χ0n) is 60.1. The summed E-state index contributed by atoms with van der Waals surface area (Å²) >= 11 is 0. The molecule has 0 radical (unpaired) electrons. The first-order chi connectivity index (χ1) is 45.4. The van der Waals surface area contributed by atoms with Crippen LogP contribution in [0.1, 0.15) is 206 Å². The van der Waals surface area contributed by atoms with Crippen molar-refractivity contribution in [1.29, 1.82) is 0 Å². The van der Waals surface area contributed by atoms with Crippen LogP contribution in [0.5, 0.6) is 0 Å². The van der Waals surface area contributed by atoms with Gasteiger partial charge in [-0.25, -0.2) is 13.2 Å². The van der Waals surface area contributed by atoms with E-state index in [4.69, 9.17) is 18.4 Å². The van der Waals surface area contributed by atoms with Gasteiger partial charge < -0.3 is 23.5 Å². The number of imide groups is 1. The van der Waals surface area contributed by atoms with E-state index in [2.05, 4.69) is 122 Å². The Kier molecular flexibility index (Phi) is 25.1. The monoisotopic (exact) mass is 1400 g/mol. The first kappa shape index (κ1) is 77.6. The zero-order valence-corrected chi connectivity index (χ0v) is 62.5. The minimum atomic E-state index is -4.30. The van der Waals surface area contributed by atoms with Gasteiger partial charge in [0.2, 0.25) is 11.8 Å². The normalized spacial score (nSPS) is 29.7. The molecular formula is C77H111NO16S3. The van der Waals surface area contributed by atoms with E-state index >= 15 is 0 Å². The molecule has 17 nitrogen and oxygen atoms in total. The molecule has 3 aromatic rings. The molecule has 2 amide bonds. The van der Waals surface area contributed by atoms with Gasteiger partial charge in [-0.05, 0) is 234 Å². The number of esters is 4. The number of hydrogen-bond donors (Lipinski definition) is 1. The van der Waals surface area contributed by atoms with Gasteiger partial charge in [0.15, 0.2) is 21.3 Å². The number of ether oxygens (including phenoxy) is 4. The SMILES string of the molecule is CCC(C)(C)C(=O)NC(=O)C12CC3CC(CC(C3)C1)C2.CCC(C)(C)C(=O)OC1(C(C)C)C2CC3CC(C2)CC1C3.CCC(C)(C)C(=O)OCC(=O)OC1C2CC3C1OS(=O)(=O)C3C2.CCC(C)(C)C(=O)OCCS(=O)(=O)[O-].c1ccc([S+](c2ccccc2)c2ccccc2)cc1. The lowest BCUT2D eigenvalue weighted by Gasteiger charge is -2.62. The van der Waals surface area contributed by atoms with Crippen LogP contribution in [-0.2, 0) is 83.0 Å². The average molecular weight is 1400 g/mol. The highest BCUT2D eigenvalue weighted by Crippen LogP contribution is 2.63. The molecule has 5 unspecified atom stereocenters. The standard InChI is InChI=1S/C19H32O2.C18H15S.C17H27NO2.C15H22O7S.C8H16O5S/c1-6-18(4,5)17(20)21-19(12(2)3)15-8-13-7-14(10-15)11-16(19)9-13;1-4-10-16(11-5-1)19(17-12-6-2-7-13-17)18-14-8-3-9-15-18;1-4-16(2,3)14(19)18-15(20)17-8-11-5-12(9-17)7-13(6-11)10-17;1-4-15(2,3)14(17)20-7-11(16)21-12-8-5-9-10(6-8)23(18,19)22-13(9)12;1-4-8(2,3)7(9)13-5-6-14(10,11)12/h12-16H,6-11H2,1-5H3;1-15H;11-13H,4-10H2,1-3H3,(H,18,19,20);8-10,12-13H,4-7H2,1-3H3;4-6H2,1-3H3,(H,10,11,12)/q;+1;;;/p-1. The maximum absolute atomic E-state index is 12.8. The van der Waals surface area contributed by atoms with E-state index in [1.54, 1.807) is 27.7 Å². The highest BCUT2D eigenvalue weighted by Gasteiger charge is 2.66. The molecule has 10 saturated carbocycles. The van der Waals surface area contributed by atoms with Crippen molar-refractivity contribution in [1.82, 2.24) is 5.32 Å². The summed E-state index contributed by atoms with van der Waals surface area (Å²) in [5.74, 6) is 3.34. The quantitative estimate of drug-likeness (QED) is 0.0363. The molecule has 14 rings (SSSR count). The number of carbonyl (C=O) groups is 6. The predicted octanol–water partition coefficient (Wildman–Crippen LogP) is 14.4. The molecule has 10 aliphatic carbocycles. The number of rotatable bonds is 20. The lowest BCUT2D eigenvalue weighted by Crippen LogP contribution is -2.63. The van der Waals surface area contributed by atoms with Crippen LogP contribution in [0.2, 0.25) is 0 Å². The molecule has 10 bridgehead atoms. The maximum atomic E-state index is 12.8.